The van der Waals surface area contributed by atoms with Crippen LogP contribution in [0.4, 0.5) is 0 Å². The molecule has 160 valence electrons. The Morgan fingerprint density at radius 2 is 1.61 bits per heavy atom. The SMILES string of the molecule is CN1CCC(Oc2cccc(Cc3ccc(CNC(=O)c4ccccc4)cc3)c2)CC1. The number of rotatable bonds is 7. The van der Waals surface area contributed by atoms with Gasteiger partial charge in [0.25, 0.3) is 5.91 Å². The maximum atomic E-state index is 12.2. The molecule has 0 saturated carbocycles. The lowest BCUT2D eigenvalue weighted by atomic mass is 10.0. The number of nitrogens with one attached hydrogen (secondary N) is 1. The molecule has 0 unspecified atom stereocenters. The first kappa shape index (κ1) is 21.1. The van der Waals surface area contributed by atoms with Crippen molar-refractivity contribution in [2.24, 2.45) is 0 Å². The molecule has 31 heavy (non-hydrogen) atoms. The van der Waals surface area contributed by atoms with Crippen molar-refractivity contribution < 1.29 is 9.53 Å². The minimum atomic E-state index is -0.0499. The molecule has 3 aromatic carbocycles. The van der Waals surface area contributed by atoms with E-state index in [0.29, 0.717) is 18.2 Å². The van der Waals surface area contributed by atoms with Gasteiger partial charge in [-0.3, -0.25) is 4.79 Å². The summed E-state index contributed by atoms with van der Waals surface area (Å²) in [6.07, 6.45) is 3.35. The molecule has 0 bridgehead atoms. The maximum Gasteiger partial charge on any atom is 0.251 e. The number of benzene rings is 3. The van der Waals surface area contributed by atoms with E-state index in [1.165, 1.54) is 11.1 Å². The third-order valence-electron chi connectivity index (χ3n) is 5.79. The summed E-state index contributed by atoms with van der Waals surface area (Å²) in [4.78, 5) is 14.5. The van der Waals surface area contributed by atoms with Crippen molar-refractivity contribution in [1.29, 1.82) is 0 Å². The van der Waals surface area contributed by atoms with Crippen molar-refractivity contribution in [2.75, 3.05) is 20.1 Å². The molecule has 1 amide bonds. The Labute approximate surface area is 184 Å². The van der Waals surface area contributed by atoms with Crippen LogP contribution in [0.1, 0.15) is 39.9 Å². The van der Waals surface area contributed by atoms with Gasteiger partial charge in [-0.2, -0.15) is 0 Å². The lowest BCUT2D eigenvalue weighted by Crippen LogP contribution is -2.35. The normalized spacial score (nSPS) is 14.9. The number of hydrogen-bond acceptors (Lipinski definition) is 3. The van der Waals surface area contributed by atoms with E-state index in [9.17, 15) is 4.79 Å². The van der Waals surface area contributed by atoms with E-state index in [2.05, 4.69) is 65.8 Å². The van der Waals surface area contributed by atoms with Crippen molar-refractivity contribution in [3.05, 3.63) is 101 Å². The van der Waals surface area contributed by atoms with Crippen LogP contribution in [0.2, 0.25) is 0 Å². The fraction of sp³-hybridized carbons (Fsp3) is 0.296. The van der Waals surface area contributed by atoms with Gasteiger partial charge < -0.3 is 15.0 Å². The average Bonchev–Trinajstić information content (AvgIpc) is 2.81. The van der Waals surface area contributed by atoms with E-state index in [0.717, 1.165) is 43.7 Å². The molecule has 0 aromatic heterocycles. The van der Waals surface area contributed by atoms with Crippen LogP contribution >= 0.6 is 0 Å². The monoisotopic (exact) mass is 414 g/mol. The van der Waals surface area contributed by atoms with Gasteiger partial charge in [0.15, 0.2) is 0 Å². The van der Waals surface area contributed by atoms with Crippen LogP contribution in [-0.2, 0) is 13.0 Å². The van der Waals surface area contributed by atoms with Gasteiger partial charge in [0.05, 0.1) is 0 Å². The van der Waals surface area contributed by atoms with Crippen molar-refractivity contribution in [1.82, 2.24) is 10.2 Å². The van der Waals surface area contributed by atoms with Crippen molar-refractivity contribution >= 4 is 5.91 Å². The Morgan fingerprint density at radius 3 is 2.35 bits per heavy atom. The molecule has 0 radical (unpaired) electrons. The quantitative estimate of drug-likeness (QED) is 0.610. The van der Waals surface area contributed by atoms with E-state index < -0.39 is 0 Å². The van der Waals surface area contributed by atoms with Crippen LogP contribution in [0, 0.1) is 0 Å². The van der Waals surface area contributed by atoms with Gasteiger partial charge in [-0.15, -0.1) is 0 Å². The largest absolute Gasteiger partial charge is 0.490 e. The molecule has 0 atom stereocenters. The smallest absolute Gasteiger partial charge is 0.251 e. The molecule has 0 aliphatic carbocycles. The predicted molar refractivity (Wildman–Crippen MR) is 124 cm³/mol. The number of nitrogens with zero attached hydrogens (tertiary/aromatic N) is 1. The van der Waals surface area contributed by atoms with Gasteiger partial charge in [-0.25, -0.2) is 0 Å². The lowest BCUT2D eigenvalue weighted by Gasteiger charge is -2.29. The molecule has 1 fully saturated rings. The van der Waals surface area contributed by atoms with Gasteiger partial charge >= 0.3 is 0 Å². The van der Waals surface area contributed by atoms with Crippen molar-refractivity contribution in [3.63, 3.8) is 0 Å². The zero-order valence-corrected chi connectivity index (χ0v) is 18.1. The molecule has 4 rings (SSSR count). The lowest BCUT2D eigenvalue weighted by molar-refractivity contribution is 0.0951. The number of amides is 1. The van der Waals surface area contributed by atoms with E-state index in [-0.39, 0.29) is 5.91 Å². The van der Waals surface area contributed by atoms with Gasteiger partial charge in [0.2, 0.25) is 0 Å². The Morgan fingerprint density at radius 1 is 0.903 bits per heavy atom. The second-order valence-electron chi connectivity index (χ2n) is 8.31. The summed E-state index contributed by atoms with van der Waals surface area (Å²) < 4.78 is 6.23. The number of carbonyl (C=O) groups excluding carboxylic acids is 1. The van der Waals surface area contributed by atoms with E-state index >= 15 is 0 Å². The highest BCUT2D eigenvalue weighted by Crippen LogP contribution is 2.21. The summed E-state index contributed by atoms with van der Waals surface area (Å²) in [5.41, 5.74) is 4.26. The number of likely N-dealkylation sites (tertiary alicyclic amines) is 1. The van der Waals surface area contributed by atoms with Crippen LogP contribution < -0.4 is 10.1 Å². The van der Waals surface area contributed by atoms with Crippen molar-refractivity contribution in [3.8, 4) is 5.75 Å². The highest BCUT2D eigenvalue weighted by atomic mass is 16.5. The third-order valence-corrected chi connectivity index (χ3v) is 5.79. The topological polar surface area (TPSA) is 41.6 Å². The van der Waals surface area contributed by atoms with Crippen LogP contribution in [0.15, 0.2) is 78.9 Å². The molecule has 4 nitrogen and oxygen atoms in total. The summed E-state index contributed by atoms with van der Waals surface area (Å²) >= 11 is 0. The zero-order valence-electron chi connectivity index (χ0n) is 18.1. The summed E-state index contributed by atoms with van der Waals surface area (Å²) in [6.45, 7) is 2.72. The molecule has 1 aliphatic rings. The second-order valence-corrected chi connectivity index (χ2v) is 8.31. The summed E-state index contributed by atoms with van der Waals surface area (Å²) in [5, 5.41) is 2.97. The third kappa shape index (κ3) is 6.19. The first-order chi connectivity index (χ1) is 15.2. The first-order valence-corrected chi connectivity index (χ1v) is 11.0. The molecule has 1 N–H and O–H groups in total. The number of ether oxygens (including phenoxy) is 1. The van der Waals surface area contributed by atoms with Gasteiger partial charge in [-0.1, -0.05) is 54.6 Å². The molecular formula is C27H30N2O2. The van der Waals surface area contributed by atoms with Crippen LogP contribution in [-0.4, -0.2) is 37.0 Å². The van der Waals surface area contributed by atoms with E-state index in [1.807, 2.05) is 30.3 Å². The van der Waals surface area contributed by atoms with Crippen LogP contribution in [0.5, 0.6) is 5.75 Å². The molecule has 4 heteroatoms. The Kier molecular flexibility index (Phi) is 7.00. The van der Waals surface area contributed by atoms with Crippen LogP contribution in [0.25, 0.3) is 0 Å². The Balaban J connectivity index is 1.30. The van der Waals surface area contributed by atoms with E-state index in [4.69, 9.17) is 4.74 Å². The van der Waals surface area contributed by atoms with Gasteiger partial charge in [-0.05, 0) is 67.3 Å². The standard InChI is InChI=1S/C27H30N2O2/c1-29-16-14-25(15-17-29)31-26-9-5-6-23(19-26)18-21-10-12-22(13-11-21)20-28-27(30)24-7-3-2-4-8-24/h2-13,19,25H,14-18,20H2,1H3,(H,28,30). The molecule has 1 saturated heterocycles. The maximum absolute atomic E-state index is 12.2. The molecule has 0 spiro atoms. The van der Waals surface area contributed by atoms with Crippen molar-refractivity contribution in [2.45, 2.75) is 31.9 Å². The van der Waals surface area contributed by atoms with Gasteiger partial charge in [0, 0.05) is 25.2 Å². The minimum absolute atomic E-state index is 0.0499. The summed E-state index contributed by atoms with van der Waals surface area (Å²) in [7, 11) is 2.17. The van der Waals surface area contributed by atoms with Gasteiger partial charge in [0.1, 0.15) is 11.9 Å². The highest BCUT2D eigenvalue weighted by Gasteiger charge is 2.18. The average molecular weight is 415 g/mol. The molecule has 3 aromatic rings. The zero-order chi connectivity index (χ0) is 21.5. The highest BCUT2D eigenvalue weighted by molar-refractivity contribution is 5.94. The number of carbonyl (C=O) groups is 1. The summed E-state index contributed by atoms with van der Waals surface area (Å²) in [5.74, 6) is 0.915. The van der Waals surface area contributed by atoms with E-state index in [1.54, 1.807) is 0 Å². The Hall–Kier alpha value is -3.11. The molecule has 1 heterocycles. The number of piperidine rings is 1. The second kappa shape index (κ2) is 10.3. The predicted octanol–water partition coefficient (Wildman–Crippen LogP) is 4.68. The summed E-state index contributed by atoms with van der Waals surface area (Å²) in [6, 6.07) is 26.2. The molecule has 1 aliphatic heterocycles. The fourth-order valence-corrected chi connectivity index (χ4v) is 3.91. The number of hydrogen-bond donors (Lipinski definition) is 1. The Bertz CT molecular complexity index is 978. The minimum Gasteiger partial charge on any atom is -0.490 e. The fourth-order valence-electron chi connectivity index (χ4n) is 3.91. The molecular weight excluding hydrogens is 384 g/mol. The first-order valence-electron chi connectivity index (χ1n) is 11.0. The van der Waals surface area contributed by atoms with Crippen LogP contribution in [0.3, 0.4) is 0 Å².